The predicted octanol–water partition coefficient (Wildman–Crippen LogP) is 1.70. The summed E-state index contributed by atoms with van der Waals surface area (Å²) in [5.74, 6) is 1.48. The van der Waals surface area contributed by atoms with E-state index in [2.05, 4.69) is 15.3 Å². The van der Waals surface area contributed by atoms with Gasteiger partial charge in [-0.15, -0.1) is 0 Å². The number of carbonyl (C=O) groups is 1. The number of fused-ring (bicyclic) bond motifs is 3. The van der Waals surface area contributed by atoms with Crippen LogP contribution in [0, 0.1) is 17.8 Å². The summed E-state index contributed by atoms with van der Waals surface area (Å²) < 4.78 is 0. The highest BCUT2D eigenvalue weighted by Gasteiger charge is 2.47. The zero-order chi connectivity index (χ0) is 14.4. The van der Waals surface area contributed by atoms with Crippen molar-refractivity contribution in [3.8, 4) is 0 Å². The number of aliphatic hydroxyl groups excluding tert-OH is 1. The van der Waals surface area contributed by atoms with E-state index in [4.69, 9.17) is 0 Å². The van der Waals surface area contributed by atoms with Crippen LogP contribution in [-0.2, 0) is 0 Å². The highest BCUT2D eigenvalue weighted by molar-refractivity contribution is 5.94. The third-order valence-corrected chi connectivity index (χ3v) is 5.20. The first-order valence-corrected chi connectivity index (χ1v) is 7.62. The third kappa shape index (κ3) is 2.03. The van der Waals surface area contributed by atoms with E-state index in [0.29, 0.717) is 17.7 Å². The lowest BCUT2D eigenvalue weighted by molar-refractivity contribution is 0.0852. The number of hydrogen-bond donors (Lipinski definition) is 3. The molecule has 0 spiro atoms. The van der Waals surface area contributed by atoms with Crippen molar-refractivity contribution in [2.24, 2.45) is 17.8 Å². The SMILES string of the molecule is O=C(N[C@H]1[C@H]2CC[C@@H](C2)[C@@H]1CO)c1nc2ccccc2[nH]1. The van der Waals surface area contributed by atoms with Crippen molar-refractivity contribution < 1.29 is 9.90 Å². The van der Waals surface area contributed by atoms with E-state index in [1.165, 1.54) is 6.42 Å². The molecule has 2 bridgehead atoms. The molecule has 3 N–H and O–H groups in total. The molecule has 5 heteroatoms. The molecule has 2 aliphatic carbocycles. The molecule has 0 saturated heterocycles. The first-order valence-electron chi connectivity index (χ1n) is 7.62. The van der Waals surface area contributed by atoms with E-state index >= 15 is 0 Å². The molecule has 2 aliphatic rings. The van der Waals surface area contributed by atoms with Gasteiger partial charge in [0.25, 0.3) is 5.91 Å². The minimum absolute atomic E-state index is 0.0921. The maximum Gasteiger partial charge on any atom is 0.287 e. The van der Waals surface area contributed by atoms with Crippen molar-refractivity contribution in [1.82, 2.24) is 15.3 Å². The smallest absolute Gasteiger partial charge is 0.287 e. The molecular weight excluding hydrogens is 266 g/mol. The van der Waals surface area contributed by atoms with E-state index in [1.807, 2.05) is 24.3 Å². The van der Waals surface area contributed by atoms with Gasteiger partial charge in [0.2, 0.25) is 0 Å². The Kier molecular flexibility index (Phi) is 2.96. The lowest BCUT2D eigenvalue weighted by atomic mass is 9.85. The molecule has 2 aromatic rings. The molecule has 1 amide bonds. The summed E-state index contributed by atoms with van der Waals surface area (Å²) in [6, 6.07) is 7.71. The topological polar surface area (TPSA) is 78.0 Å². The number of aliphatic hydroxyl groups is 1. The fraction of sp³-hybridized carbons (Fsp3) is 0.500. The molecule has 5 nitrogen and oxygen atoms in total. The number of hydrogen-bond acceptors (Lipinski definition) is 3. The van der Waals surface area contributed by atoms with Crippen molar-refractivity contribution in [3.63, 3.8) is 0 Å². The number of benzene rings is 1. The minimum atomic E-state index is -0.165. The number of amides is 1. The molecule has 1 heterocycles. The number of carbonyl (C=O) groups excluding carboxylic acids is 1. The summed E-state index contributed by atoms with van der Waals surface area (Å²) in [5.41, 5.74) is 1.67. The summed E-state index contributed by atoms with van der Waals surface area (Å²) in [7, 11) is 0. The molecule has 110 valence electrons. The summed E-state index contributed by atoms with van der Waals surface area (Å²) in [6.45, 7) is 0.159. The Morgan fingerprint density at radius 3 is 2.95 bits per heavy atom. The zero-order valence-corrected chi connectivity index (χ0v) is 11.7. The fourth-order valence-corrected chi connectivity index (χ4v) is 4.18. The maximum atomic E-state index is 12.4. The van der Waals surface area contributed by atoms with Gasteiger partial charge in [-0.2, -0.15) is 0 Å². The van der Waals surface area contributed by atoms with Gasteiger partial charge in [0.1, 0.15) is 0 Å². The van der Waals surface area contributed by atoms with Crippen LogP contribution in [0.25, 0.3) is 11.0 Å². The van der Waals surface area contributed by atoms with Gasteiger partial charge in [-0.3, -0.25) is 4.79 Å². The maximum absolute atomic E-state index is 12.4. The van der Waals surface area contributed by atoms with Crippen LogP contribution < -0.4 is 5.32 Å². The summed E-state index contributed by atoms with van der Waals surface area (Å²) in [5, 5.41) is 12.7. The Morgan fingerprint density at radius 2 is 2.14 bits per heavy atom. The highest BCUT2D eigenvalue weighted by atomic mass is 16.3. The molecule has 21 heavy (non-hydrogen) atoms. The number of nitrogens with zero attached hydrogens (tertiary/aromatic N) is 1. The number of aromatic amines is 1. The molecule has 1 aromatic carbocycles. The number of para-hydroxylation sites is 2. The molecule has 4 atom stereocenters. The van der Waals surface area contributed by atoms with Crippen molar-refractivity contribution in [1.29, 1.82) is 0 Å². The normalized spacial score (nSPS) is 30.9. The first-order chi connectivity index (χ1) is 10.3. The Bertz CT molecular complexity index is 648. The lowest BCUT2D eigenvalue weighted by Crippen LogP contribution is -2.45. The monoisotopic (exact) mass is 285 g/mol. The van der Waals surface area contributed by atoms with Gasteiger partial charge in [-0.25, -0.2) is 4.98 Å². The standard InChI is InChI=1S/C16H19N3O2/c20-8-11-9-5-6-10(7-9)14(11)19-16(21)15-17-12-3-1-2-4-13(12)18-15/h1-4,9-11,14,20H,5-8H2,(H,17,18)(H,19,21)/t9-,10-,11-,14-/m0/s1. The molecular formula is C16H19N3O2. The van der Waals surface area contributed by atoms with Crippen molar-refractivity contribution in [3.05, 3.63) is 30.1 Å². The quantitative estimate of drug-likeness (QED) is 0.803. The number of aromatic nitrogens is 2. The van der Waals surface area contributed by atoms with E-state index in [1.54, 1.807) is 0 Å². The van der Waals surface area contributed by atoms with E-state index in [-0.39, 0.29) is 24.5 Å². The molecule has 0 aliphatic heterocycles. The van der Waals surface area contributed by atoms with Gasteiger partial charge < -0.3 is 15.4 Å². The van der Waals surface area contributed by atoms with Crippen LogP contribution in [0.5, 0.6) is 0 Å². The van der Waals surface area contributed by atoms with Crippen LogP contribution in [0.3, 0.4) is 0 Å². The van der Waals surface area contributed by atoms with Crippen LogP contribution in [-0.4, -0.2) is 33.6 Å². The number of rotatable bonds is 3. The Balaban J connectivity index is 1.55. The highest BCUT2D eigenvalue weighted by Crippen LogP contribution is 2.48. The molecule has 2 saturated carbocycles. The van der Waals surface area contributed by atoms with Gasteiger partial charge in [0.05, 0.1) is 11.0 Å². The largest absolute Gasteiger partial charge is 0.396 e. The molecule has 1 aromatic heterocycles. The average Bonchev–Trinajstić information content (AvgIpc) is 3.20. The fourth-order valence-electron chi connectivity index (χ4n) is 4.18. The Morgan fingerprint density at radius 1 is 1.33 bits per heavy atom. The summed E-state index contributed by atoms with van der Waals surface area (Å²) >= 11 is 0. The van der Waals surface area contributed by atoms with Gasteiger partial charge in [0, 0.05) is 18.6 Å². The second-order valence-electron chi connectivity index (χ2n) is 6.28. The second kappa shape index (κ2) is 4.84. The first kappa shape index (κ1) is 12.8. The van der Waals surface area contributed by atoms with Crippen molar-refractivity contribution in [2.75, 3.05) is 6.61 Å². The van der Waals surface area contributed by atoms with E-state index < -0.39 is 0 Å². The van der Waals surface area contributed by atoms with Crippen LogP contribution in [0.1, 0.15) is 29.9 Å². The second-order valence-corrected chi connectivity index (χ2v) is 6.28. The minimum Gasteiger partial charge on any atom is -0.396 e. The molecule has 2 fully saturated rings. The van der Waals surface area contributed by atoms with Gasteiger partial charge in [-0.05, 0) is 43.2 Å². The summed E-state index contributed by atoms with van der Waals surface area (Å²) in [6.07, 6.45) is 3.48. The summed E-state index contributed by atoms with van der Waals surface area (Å²) in [4.78, 5) is 19.8. The molecule has 0 radical (unpaired) electrons. The average molecular weight is 285 g/mol. The third-order valence-electron chi connectivity index (χ3n) is 5.20. The van der Waals surface area contributed by atoms with Crippen LogP contribution >= 0.6 is 0 Å². The number of nitrogens with one attached hydrogen (secondary N) is 2. The Labute approximate surface area is 122 Å². The van der Waals surface area contributed by atoms with Gasteiger partial charge >= 0.3 is 0 Å². The lowest BCUT2D eigenvalue weighted by Gasteiger charge is -2.30. The zero-order valence-electron chi connectivity index (χ0n) is 11.7. The van der Waals surface area contributed by atoms with Crippen LogP contribution in [0.15, 0.2) is 24.3 Å². The van der Waals surface area contributed by atoms with Crippen molar-refractivity contribution >= 4 is 16.9 Å². The molecule has 4 rings (SSSR count). The van der Waals surface area contributed by atoms with Gasteiger partial charge in [-0.1, -0.05) is 12.1 Å². The van der Waals surface area contributed by atoms with Crippen LogP contribution in [0.4, 0.5) is 0 Å². The predicted molar refractivity (Wildman–Crippen MR) is 78.8 cm³/mol. The van der Waals surface area contributed by atoms with E-state index in [0.717, 1.165) is 23.9 Å². The van der Waals surface area contributed by atoms with Crippen molar-refractivity contribution in [2.45, 2.75) is 25.3 Å². The Hall–Kier alpha value is -1.88. The van der Waals surface area contributed by atoms with Gasteiger partial charge in [0.15, 0.2) is 5.82 Å². The van der Waals surface area contributed by atoms with Crippen LogP contribution in [0.2, 0.25) is 0 Å². The molecule has 0 unspecified atom stereocenters. The van der Waals surface area contributed by atoms with E-state index in [9.17, 15) is 9.90 Å². The number of H-pyrrole nitrogens is 1. The number of imidazole rings is 1.